The van der Waals surface area contributed by atoms with Crippen molar-refractivity contribution in [2.75, 3.05) is 13.7 Å². The fourth-order valence-electron chi connectivity index (χ4n) is 1.99. The van der Waals surface area contributed by atoms with E-state index in [2.05, 4.69) is 30.8 Å². The first-order valence-corrected chi connectivity index (χ1v) is 6.42. The number of ether oxygens (including phenoxy) is 1. The van der Waals surface area contributed by atoms with Gasteiger partial charge in [0.25, 0.3) is 0 Å². The molecule has 0 fully saturated rings. The van der Waals surface area contributed by atoms with E-state index >= 15 is 0 Å². The number of nitrogens with two attached hydrogens (primary N) is 1. The van der Waals surface area contributed by atoms with E-state index in [4.69, 9.17) is 15.7 Å². The van der Waals surface area contributed by atoms with Crippen LogP contribution in [-0.4, -0.2) is 35.6 Å². The molecule has 0 aliphatic carbocycles. The van der Waals surface area contributed by atoms with Crippen molar-refractivity contribution in [2.24, 2.45) is 10.9 Å². The quantitative estimate of drug-likeness (QED) is 0.357. The molecule has 19 heavy (non-hydrogen) atoms. The third kappa shape index (κ3) is 3.86. The molecule has 5 heteroatoms. The fourth-order valence-corrected chi connectivity index (χ4v) is 1.99. The summed E-state index contributed by atoms with van der Waals surface area (Å²) in [5.74, 6) is 0.673. The van der Waals surface area contributed by atoms with Gasteiger partial charge in [-0.1, -0.05) is 18.1 Å². The molecule has 106 valence electrons. The van der Waals surface area contributed by atoms with Gasteiger partial charge in [0.1, 0.15) is 5.75 Å². The molecule has 0 saturated heterocycles. The minimum Gasteiger partial charge on any atom is -0.496 e. The molecule has 0 radical (unpaired) electrons. The maximum absolute atomic E-state index is 8.73. The Balaban J connectivity index is 3.00. The van der Waals surface area contributed by atoms with E-state index < -0.39 is 0 Å². The van der Waals surface area contributed by atoms with Crippen LogP contribution in [0, 0.1) is 0 Å². The van der Waals surface area contributed by atoms with Crippen LogP contribution in [0.4, 0.5) is 0 Å². The molecule has 1 rings (SSSR count). The summed E-state index contributed by atoms with van der Waals surface area (Å²) >= 11 is 0. The molecule has 0 spiro atoms. The average Bonchev–Trinajstić information content (AvgIpc) is 2.43. The molecule has 0 bridgehead atoms. The third-order valence-corrected chi connectivity index (χ3v) is 3.17. The van der Waals surface area contributed by atoms with Crippen molar-refractivity contribution in [3.05, 3.63) is 29.3 Å². The molecule has 5 nitrogen and oxygen atoms in total. The van der Waals surface area contributed by atoms with E-state index in [1.54, 1.807) is 7.11 Å². The number of nitrogens with zero attached hydrogens (tertiary/aromatic N) is 2. The van der Waals surface area contributed by atoms with Gasteiger partial charge < -0.3 is 15.7 Å². The van der Waals surface area contributed by atoms with Crippen molar-refractivity contribution in [1.29, 1.82) is 0 Å². The molecule has 1 aromatic rings. The minimum atomic E-state index is 0.0552. The van der Waals surface area contributed by atoms with Gasteiger partial charge in [-0.25, -0.2) is 0 Å². The van der Waals surface area contributed by atoms with Crippen LogP contribution in [0.2, 0.25) is 0 Å². The van der Waals surface area contributed by atoms with Gasteiger partial charge in [0, 0.05) is 12.6 Å². The van der Waals surface area contributed by atoms with Gasteiger partial charge in [-0.2, -0.15) is 0 Å². The predicted molar refractivity (Wildman–Crippen MR) is 76.7 cm³/mol. The summed E-state index contributed by atoms with van der Waals surface area (Å²) in [6.07, 6.45) is 0. The first-order valence-electron chi connectivity index (χ1n) is 6.42. The highest BCUT2D eigenvalue weighted by atomic mass is 16.5. The number of methoxy groups -OCH3 is 1. The van der Waals surface area contributed by atoms with Crippen LogP contribution >= 0.6 is 0 Å². The van der Waals surface area contributed by atoms with Crippen molar-refractivity contribution in [3.8, 4) is 5.75 Å². The Kier molecular flexibility index (Phi) is 5.63. The van der Waals surface area contributed by atoms with Gasteiger partial charge in [0.05, 0.1) is 12.7 Å². The summed E-state index contributed by atoms with van der Waals surface area (Å²) in [6, 6.07) is 6.20. The van der Waals surface area contributed by atoms with Crippen LogP contribution in [0.25, 0.3) is 0 Å². The van der Waals surface area contributed by atoms with Crippen molar-refractivity contribution in [1.82, 2.24) is 4.90 Å². The normalized spacial score (nSPS) is 12.2. The lowest BCUT2D eigenvalue weighted by Crippen LogP contribution is -2.30. The molecule has 3 N–H and O–H groups in total. The van der Waals surface area contributed by atoms with Crippen LogP contribution < -0.4 is 10.5 Å². The number of rotatable bonds is 6. The second-order valence-electron chi connectivity index (χ2n) is 4.68. The largest absolute Gasteiger partial charge is 0.496 e. The molecule has 0 aliphatic heterocycles. The molecule has 0 aromatic heterocycles. The van der Waals surface area contributed by atoms with E-state index in [0.717, 1.165) is 18.7 Å². The lowest BCUT2D eigenvalue weighted by Gasteiger charge is -2.25. The second kappa shape index (κ2) is 6.99. The van der Waals surface area contributed by atoms with E-state index in [1.165, 1.54) is 0 Å². The highest BCUT2D eigenvalue weighted by Crippen LogP contribution is 2.21. The Morgan fingerprint density at radius 2 is 2.16 bits per heavy atom. The first-order chi connectivity index (χ1) is 9.03. The second-order valence-corrected chi connectivity index (χ2v) is 4.68. The third-order valence-electron chi connectivity index (χ3n) is 3.17. The Labute approximate surface area is 114 Å². The lowest BCUT2D eigenvalue weighted by molar-refractivity contribution is 0.224. The Morgan fingerprint density at radius 1 is 1.47 bits per heavy atom. The van der Waals surface area contributed by atoms with Crippen LogP contribution in [0.3, 0.4) is 0 Å². The van der Waals surface area contributed by atoms with E-state index in [0.29, 0.717) is 17.4 Å². The summed E-state index contributed by atoms with van der Waals surface area (Å²) in [6.45, 7) is 8.32. The smallest absolute Gasteiger partial charge is 0.173 e. The standard InChI is InChI=1S/C14H23N3O2/c1-5-17(10(2)3)9-11-6-7-12(14(15)16-18)13(8-11)19-4/h6-8,10,18H,5,9H2,1-4H3,(H2,15,16). The van der Waals surface area contributed by atoms with Crippen LogP contribution in [0.15, 0.2) is 23.4 Å². The molecule has 0 heterocycles. The summed E-state index contributed by atoms with van der Waals surface area (Å²) in [7, 11) is 1.58. The Morgan fingerprint density at radius 3 is 2.63 bits per heavy atom. The van der Waals surface area contributed by atoms with Gasteiger partial charge in [-0.15, -0.1) is 0 Å². The molecule has 0 amide bonds. The van der Waals surface area contributed by atoms with Crippen molar-refractivity contribution in [3.63, 3.8) is 0 Å². The van der Waals surface area contributed by atoms with E-state index in [1.807, 2.05) is 18.2 Å². The van der Waals surface area contributed by atoms with Gasteiger partial charge in [0.2, 0.25) is 0 Å². The van der Waals surface area contributed by atoms with Gasteiger partial charge in [-0.3, -0.25) is 4.90 Å². The van der Waals surface area contributed by atoms with Crippen LogP contribution in [0.1, 0.15) is 31.9 Å². The van der Waals surface area contributed by atoms with Crippen LogP contribution in [0.5, 0.6) is 5.75 Å². The fraction of sp³-hybridized carbons (Fsp3) is 0.500. The number of hydrogen-bond acceptors (Lipinski definition) is 4. The SMILES string of the molecule is CCN(Cc1ccc(/C(N)=N/O)c(OC)c1)C(C)C. The lowest BCUT2D eigenvalue weighted by atomic mass is 10.1. The number of amidine groups is 1. The van der Waals surface area contributed by atoms with E-state index in [9.17, 15) is 0 Å². The van der Waals surface area contributed by atoms with Crippen molar-refractivity contribution < 1.29 is 9.94 Å². The van der Waals surface area contributed by atoms with Gasteiger partial charge in [0.15, 0.2) is 5.84 Å². The molecule has 1 aromatic carbocycles. The maximum atomic E-state index is 8.73. The topological polar surface area (TPSA) is 71.1 Å². The molecule has 0 saturated carbocycles. The zero-order valence-corrected chi connectivity index (χ0v) is 12.1. The minimum absolute atomic E-state index is 0.0552. The van der Waals surface area contributed by atoms with Crippen LogP contribution in [-0.2, 0) is 6.54 Å². The Bertz CT molecular complexity index is 444. The molecule has 0 atom stereocenters. The molecular formula is C14H23N3O2. The number of benzene rings is 1. The van der Waals surface area contributed by atoms with Gasteiger partial charge >= 0.3 is 0 Å². The highest BCUT2D eigenvalue weighted by Gasteiger charge is 2.12. The molecular weight excluding hydrogens is 242 g/mol. The monoisotopic (exact) mass is 265 g/mol. The summed E-state index contributed by atoms with van der Waals surface area (Å²) in [5.41, 5.74) is 7.35. The number of hydrogen-bond donors (Lipinski definition) is 2. The molecule has 0 aliphatic rings. The zero-order chi connectivity index (χ0) is 14.4. The number of oxime groups is 1. The summed E-state index contributed by atoms with van der Waals surface area (Å²) in [4.78, 5) is 2.35. The van der Waals surface area contributed by atoms with Gasteiger partial charge in [-0.05, 0) is 38.1 Å². The average molecular weight is 265 g/mol. The maximum Gasteiger partial charge on any atom is 0.173 e. The van der Waals surface area contributed by atoms with Crippen molar-refractivity contribution >= 4 is 5.84 Å². The first kappa shape index (κ1) is 15.3. The highest BCUT2D eigenvalue weighted by molar-refractivity contribution is 5.99. The molecule has 0 unspecified atom stereocenters. The van der Waals surface area contributed by atoms with E-state index in [-0.39, 0.29) is 5.84 Å². The summed E-state index contributed by atoms with van der Waals surface area (Å²) < 4.78 is 5.29. The predicted octanol–water partition coefficient (Wildman–Crippen LogP) is 2.02. The van der Waals surface area contributed by atoms with Crippen molar-refractivity contribution in [2.45, 2.75) is 33.4 Å². The Hall–Kier alpha value is -1.75. The zero-order valence-electron chi connectivity index (χ0n) is 12.1. The summed E-state index contributed by atoms with van der Waals surface area (Å²) in [5, 5.41) is 11.7.